The second kappa shape index (κ2) is 12.0. The number of hydrogen-bond acceptors (Lipinski definition) is 4. The van der Waals surface area contributed by atoms with Crippen molar-refractivity contribution in [1.29, 1.82) is 0 Å². The summed E-state index contributed by atoms with van der Waals surface area (Å²) in [5, 5.41) is 2.99. The summed E-state index contributed by atoms with van der Waals surface area (Å²) in [7, 11) is 0. The first-order chi connectivity index (χ1) is 17.0. The summed E-state index contributed by atoms with van der Waals surface area (Å²) in [6.07, 6.45) is 1.82. The predicted molar refractivity (Wildman–Crippen MR) is 140 cm³/mol. The lowest BCUT2D eigenvalue weighted by Crippen LogP contribution is -2.46. The van der Waals surface area contributed by atoms with Crippen molar-refractivity contribution in [1.82, 2.24) is 9.80 Å². The highest BCUT2D eigenvalue weighted by atomic mass is 32.1. The van der Waals surface area contributed by atoms with E-state index in [4.69, 9.17) is 4.74 Å². The first-order valence-corrected chi connectivity index (χ1v) is 12.9. The molecule has 1 fully saturated rings. The number of thiophene rings is 1. The molecule has 0 spiro atoms. The van der Waals surface area contributed by atoms with E-state index < -0.39 is 0 Å². The van der Waals surface area contributed by atoms with Crippen molar-refractivity contribution in [3.05, 3.63) is 87.6 Å². The Morgan fingerprint density at radius 2 is 1.74 bits per heavy atom. The minimum atomic E-state index is -0.283. The summed E-state index contributed by atoms with van der Waals surface area (Å²) in [5.74, 6) is -0.0853. The van der Waals surface area contributed by atoms with Gasteiger partial charge in [-0.15, -0.1) is 11.3 Å². The number of carbonyl (C=O) groups excluding carboxylic acids is 2. The van der Waals surface area contributed by atoms with Gasteiger partial charge in [0, 0.05) is 35.1 Å². The van der Waals surface area contributed by atoms with Gasteiger partial charge in [-0.1, -0.05) is 48.5 Å². The molecule has 1 aromatic heterocycles. The Bertz CT molecular complexity index is 1130. The van der Waals surface area contributed by atoms with Crippen LogP contribution in [-0.2, 0) is 22.6 Å². The molecular formula is C28H33N3O3S. The SMILES string of the molecule is Cc1ccc(CN(Cc2ccccc2)C(=O)CN(CC2CCCO2)C(=O)Nc2ccccc2C)s1. The lowest BCUT2D eigenvalue weighted by Gasteiger charge is -2.29. The van der Waals surface area contributed by atoms with E-state index in [0.717, 1.165) is 34.5 Å². The number of nitrogens with zero attached hydrogens (tertiary/aromatic N) is 2. The van der Waals surface area contributed by atoms with Gasteiger partial charge in [-0.25, -0.2) is 4.79 Å². The summed E-state index contributed by atoms with van der Waals surface area (Å²) in [5.41, 5.74) is 2.78. The predicted octanol–water partition coefficient (Wildman–Crippen LogP) is 5.61. The molecule has 3 amide bonds. The number of rotatable bonds is 9. The standard InChI is InChI=1S/C28H33N3O3S/c1-21-9-6-7-13-26(21)29-28(33)31(18-24-12-8-16-34-24)20-27(32)30(17-23-10-4-3-5-11-23)19-25-15-14-22(2)35-25/h3-7,9-11,13-15,24H,8,12,16-20H2,1-2H3,(H,29,33). The normalized spacial score (nSPS) is 15.1. The van der Waals surface area contributed by atoms with Crippen LogP contribution in [-0.4, -0.2) is 47.5 Å². The van der Waals surface area contributed by atoms with Gasteiger partial charge < -0.3 is 19.9 Å². The van der Waals surface area contributed by atoms with Crippen molar-refractivity contribution >= 4 is 29.0 Å². The van der Waals surface area contributed by atoms with E-state index in [1.54, 1.807) is 16.2 Å². The molecule has 1 unspecified atom stereocenters. The van der Waals surface area contributed by atoms with Crippen LogP contribution in [0, 0.1) is 13.8 Å². The molecule has 1 N–H and O–H groups in total. The molecule has 1 aliphatic heterocycles. The van der Waals surface area contributed by atoms with E-state index >= 15 is 0 Å². The molecule has 7 heteroatoms. The molecule has 4 rings (SSSR count). The molecule has 0 saturated carbocycles. The van der Waals surface area contributed by atoms with Crippen molar-refractivity contribution < 1.29 is 14.3 Å². The molecule has 1 saturated heterocycles. The molecule has 0 bridgehead atoms. The minimum absolute atomic E-state index is 0.00519. The van der Waals surface area contributed by atoms with Crippen LogP contribution in [0.4, 0.5) is 10.5 Å². The zero-order valence-corrected chi connectivity index (χ0v) is 21.2. The van der Waals surface area contributed by atoms with Crippen molar-refractivity contribution in [2.75, 3.05) is 25.0 Å². The van der Waals surface area contributed by atoms with Crippen LogP contribution in [0.2, 0.25) is 0 Å². The van der Waals surface area contributed by atoms with E-state index in [9.17, 15) is 9.59 Å². The fourth-order valence-corrected chi connectivity index (χ4v) is 5.12. The molecule has 0 aliphatic carbocycles. The zero-order chi connectivity index (χ0) is 24.6. The molecular weight excluding hydrogens is 458 g/mol. The highest BCUT2D eigenvalue weighted by molar-refractivity contribution is 7.11. The van der Waals surface area contributed by atoms with Crippen LogP contribution in [0.3, 0.4) is 0 Å². The molecule has 1 atom stereocenters. The van der Waals surface area contributed by atoms with Crippen LogP contribution in [0.15, 0.2) is 66.7 Å². The first kappa shape index (κ1) is 24.9. The second-order valence-corrected chi connectivity index (χ2v) is 10.4. The first-order valence-electron chi connectivity index (χ1n) is 12.1. The van der Waals surface area contributed by atoms with Crippen LogP contribution in [0.5, 0.6) is 0 Å². The largest absolute Gasteiger partial charge is 0.376 e. The Hall–Kier alpha value is -3.16. The Kier molecular flexibility index (Phi) is 8.55. The Balaban J connectivity index is 1.52. The quantitative estimate of drug-likeness (QED) is 0.423. The number of urea groups is 1. The fourth-order valence-electron chi connectivity index (χ4n) is 4.22. The lowest BCUT2D eigenvalue weighted by atomic mass is 10.2. The molecule has 2 aromatic carbocycles. The van der Waals surface area contributed by atoms with Crippen molar-refractivity contribution in [3.8, 4) is 0 Å². The highest BCUT2D eigenvalue weighted by Crippen LogP contribution is 2.20. The smallest absolute Gasteiger partial charge is 0.322 e. The van der Waals surface area contributed by atoms with Crippen molar-refractivity contribution in [2.45, 2.75) is 45.9 Å². The molecule has 1 aliphatic rings. The maximum Gasteiger partial charge on any atom is 0.322 e. The van der Waals surface area contributed by atoms with E-state index in [0.29, 0.717) is 26.2 Å². The molecule has 35 heavy (non-hydrogen) atoms. The van der Waals surface area contributed by atoms with Gasteiger partial charge in [0.15, 0.2) is 0 Å². The van der Waals surface area contributed by atoms with E-state index in [1.807, 2.05) is 66.4 Å². The topological polar surface area (TPSA) is 61.9 Å². The Morgan fingerprint density at radius 3 is 2.43 bits per heavy atom. The summed E-state index contributed by atoms with van der Waals surface area (Å²) < 4.78 is 5.80. The molecule has 6 nitrogen and oxygen atoms in total. The number of carbonyl (C=O) groups is 2. The number of para-hydroxylation sites is 1. The van der Waals surface area contributed by atoms with Gasteiger partial charge in [0.2, 0.25) is 5.91 Å². The number of benzene rings is 2. The van der Waals surface area contributed by atoms with Crippen LogP contribution < -0.4 is 5.32 Å². The van der Waals surface area contributed by atoms with Gasteiger partial charge in [-0.2, -0.15) is 0 Å². The number of hydrogen-bond donors (Lipinski definition) is 1. The monoisotopic (exact) mass is 491 g/mol. The highest BCUT2D eigenvalue weighted by Gasteiger charge is 2.27. The maximum atomic E-state index is 13.6. The fraction of sp³-hybridized carbons (Fsp3) is 0.357. The molecule has 3 aromatic rings. The average molecular weight is 492 g/mol. The minimum Gasteiger partial charge on any atom is -0.376 e. The van der Waals surface area contributed by atoms with Crippen molar-refractivity contribution in [3.63, 3.8) is 0 Å². The summed E-state index contributed by atoms with van der Waals surface area (Å²) >= 11 is 1.69. The van der Waals surface area contributed by atoms with E-state index in [2.05, 4.69) is 24.4 Å². The Morgan fingerprint density at radius 1 is 0.971 bits per heavy atom. The second-order valence-electron chi connectivity index (χ2n) is 9.01. The lowest BCUT2D eigenvalue weighted by molar-refractivity contribution is -0.133. The Labute approximate surface area is 211 Å². The third-order valence-corrected chi connectivity index (χ3v) is 7.15. The average Bonchev–Trinajstić information content (AvgIpc) is 3.52. The third kappa shape index (κ3) is 7.16. The summed E-state index contributed by atoms with van der Waals surface area (Å²) in [6.45, 7) is 6.11. The number of ether oxygens (including phenoxy) is 1. The number of nitrogens with one attached hydrogen (secondary N) is 1. The van der Waals surface area contributed by atoms with Crippen LogP contribution in [0.1, 0.15) is 33.7 Å². The summed E-state index contributed by atoms with van der Waals surface area (Å²) in [4.78, 5) is 32.7. The third-order valence-electron chi connectivity index (χ3n) is 6.16. The van der Waals surface area contributed by atoms with Gasteiger partial charge in [0.1, 0.15) is 6.54 Å². The van der Waals surface area contributed by atoms with Gasteiger partial charge in [0.05, 0.1) is 12.6 Å². The maximum absolute atomic E-state index is 13.6. The van der Waals surface area contributed by atoms with Gasteiger partial charge >= 0.3 is 6.03 Å². The zero-order valence-electron chi connectivity index (χ0n) is 20.4. The van der Waals surface area contributed by atoms with Gasteiger partial charge in [0.25, 0.3) is 0 Å². The number of aryl methyl sites for hydroxylation is 2. The number of anilines is 1. The van der Waals surface area contributed by atoms with Gasteiger partial charge in [-0.3, -0.25) is 4.79 Å². The molecule has 0 radical (unpaired) electrons. The van der Waals surface area contributed by atoms with Crippen LogP contribution >= 0.6 is 11.3 Å². The van der Waals surface area contributed by atoms with E-state index in [1.165, 1.54) is 4.88 Å². The van der Waals surface area contributed by atoms with Crippen molar-refractivity contribution in [2.24, 2.45) is 0 Å². The van der Waals surface area contributed by atoms with E-state index in [-0.39, 0.29) is 24.6 Å². The molecule has 184 valence electrons. The summed E-state index contributed by atoms with van der Waals surface area (Å²) in [6, 6.07) is 21.5. The van der Waals surface area contributed by atoms with Gasteiger partial charge in [-0.05, 0) is 56.0 Å². The van der Waals surface area contributed by atoms with Crippen LogP contribution in [0.25, 0.3) is 0 Å². The molecule has 2 heterocycles. The number of amides is 3.